The van der Waals surface area contributed by atoms with Gasteiger partial charge >= 0.3 is 5.97 Å². The van der Waals surface area contributed by atoms with Crippen molar-refractivity contribution in [1.29, 1.82) is 0 Å². The van der Waals surface area contributed by atoms with Crippen molar-refractivity contribution in [1.82, 2.24) is 5.32 Å². The first kappa shape index (κ1) is 12.5. The molecule has 15 heavy (non-hydrogen) atoms. The third-order valence-electron chi connectivity index (χ3n) is 3.16. The Balaban J connectivity index is 2.31. The second-order valence-electron chi connectivity index (χ2n) is 4.31. The second kappa shape index (κ2) is 6.08. The number of aliphatic carboxylic acids is 1. The van der Waals surface area contributed by atoms with Gasteiger partial charge in [0, 0.05) is 0 Å². The van der Waals surface area contributed by atoms with Gasteiger partial charge in [-0.15, -0.1) is 0 Å². The molecule has 1 saturated carbocycles. The molecule has 0 aromatic heterocycles. The Morgan fingerprint density at radius 1 is 1.53 bits per heavy atom. The summed E-state index contributed by atoms with van der Waals surface area (Å²) in [7, 11) is 1.65. The summed E-state index contributed by atoms with van der Waals surface area (Å²) in [5.74, 6) is -0.286. The van der Waals surface area contributed by atoms with Crippen molar-refractivity contribution in [3.8, 4) is 0 Å². The summed E-state index contributed by atoms with van der Waals surface area (Å²) in [5, 5.41) is 11.6. The fourth-order valence-corrected chi connectivity index (χ4v) is 2.03. The molecule has 4 nitrogen and oxygen atoms in total. The third kappa shape index (κ3) is 3.80. The van der Waals surface area contributed by atoms with Gasteiger partial charge in [0.2, 0.25) is 0 Å². The van der Waals surface area contributed by atoms with Gasteiger partial charge in [-0.2, -0.15) is 0 Å². The van der Waals surface area contributed by atoms with Gasteiger partial charge in [0.25, 0.3) is 0 Å². The summed E-state index contributed by atoms with van der Waals surface area (Å²) in [5.41, 5.74) is 0. The molecule has 3 atom stereocenters. The van der Waals surface area contributed by atoms with E-state index in [2.05, 4.69) is 12.2 Å². The zero-order valence-corrected chi connectivity index (χ0v) is 9.53. The maximum absolute atomic E-state index is 10.7. The Labute approximate surface area is 91.0 Å². The molecule has 0 radical (unpaired) electrons. The van der Waals surface area contributed by atoms with Crippen LogP contribution >= 0.6 is 0 Å². The largest absolute Gasteiger partial charge is 0.480 e. The molecular weight excluding hydrogens is 194 g/mol. The van der Waals surface area contributed by atoms with E-state index in [0.717, 1.165) is 6.42 Å². The molecule has 0 amide bonds. The van der Waals surface area contributed by atoms with Crippen LogP contribution in [0.5, 0.6) is 0 Å². The molecule has 1 aliphatic carbocycles. The number of likely N-dealkylation sites (N-methyl/N-ethyl adjacent to an activating group) is 1. The number of carboxylic acids is 1. The number of hydrogen-bond acceptors (Lipinski definition) is 3. The highest BCUT2D eigenvalue weighted by Crippen LogP contribution is 2.26. The quantitative estimate of drug-likeness (QED) is 0.724. The van der Waals surface area contributed by atoms with E-state index in [9.17, 15) is 4.79 Å². The maximum atomic E-state index is 10.7. The number of carbonyl (C=O) groups is 1. The molecule has 3 unspecified atom stereocenters. The molecule has 0 heterocycles. The van der Waals surface area contributed by atoms with Crippen LogP contribution in [0.3, 0.4) is 0 Å². The summed E-state index contributed by atoms with van der Waals surface area (Å²) >= 11 is 0. The minimum absolute atomic E-state index is 0.244. The second-order valence-corrected chi connectivity index (χ2v) is 4.31. The van der Waals surface area contributed by atoms with Gasteiger partial charge in [-0.3, -0.25) is 4.79 Å². The van der Waals surface area contributed by atoms with Crippen LogP contribution in [-0.4, -0.2) is 36.9 Å². The number of ether oxygens (including phenoxy) is 1. The fraction of sp³-hybridized carbons (Fsp3) is 0.909. The third-order valence-corrected chi connectivity index (χ3v) is 3.16. The molecule has 4 heteroatoms. The van der Waals surface area contributed by atoms with E-state index in [4.69, 9.17) is 9.84 Å². The zero-order valence-electron chi connectivity index (χ0n) is 9.53. The topological polar surface area (TPSA) is 58.6 Å². The lowest BCUT2D eigenvalue weighted by atomic mass is 9.88. The van der Waals surface area contributed by atoms with Crippen molar-refractivity contribution in [2.75, 3.05) is 13.7 Å². The average Bonchev–Trinajstić information content (AvgIpc) is 2.21. The number of rotatable bonds is 5. The van der Waals surface area contributed by atoms with Crippen LogP contribution in [0.25, 0.3) is 0 Å². The van der Waals surface area contributed by atoms with Gasteiger partial charge in [-0.05, 0) is 25.8 Å². The summed E-state index contributed by atoms with van der Waals surface area (Å²) in [4.78, 5) is 10.7. The predicted molar refractivity (Wildman–Crippen MR) is 57.9 cm³/mol. The molecule has 0 bridgehead atoms. The van der Waals surface area contributed by atoms with Crippen molar-refractivity contribution in [3.05, 3.63) is 0 Å². The smallest absolute Gasteiger partial charge is 0.323 e. The highest BCUT2D eigenvalue weighted by atomic mass is 16.5. The van der Waals surface area contributed by atoms with Gasteiger partial charge in [0.1, 0.15) is 6.04 Å². The minimum atomic E-state index is -0.846. The molecule has 0 aromatic rings. The lowest BCUT2D eigenvalue weighted by Gasteiger charge is -2.29. The summed E-state index contributed by atoms with van der Waals surface area (Å²) < 4.78 is 5.67. The molecule has 1 fully saturated rings. The monoisotopic (exact) mass is 215 g/mol. The van der Waals surface area contributed by atoms with E-state index in [1.165, 1.54) is 19.3 Å². The predicted octanol–water partition coefficient (Wildman–Crippen LogP) is 1.25. The first-order valence-electron chi connectivity index (χ1n) is 5.66. The Morgan fingerprint density at radius 3 is 2.73 bits per heavy atom. The van der Waals surface area contributed by atoms with E-state index in [1.807, 2.05) is 0 Å². The van der Waals surface area contributed by atoms with Crippen molar-refractivity contribution in [2.24, 2.45) is 5.92 Å². The van der Waals surface area contributed by atoms with E-state index in [-0.39, 0.29) is 12.7 Å². The average molecular weight is 215 g/mol. The Kier molecular flexibility index (Phi) is 5.05. The van der Waals surface area contributed by atoms with Crippen LogP contribution in [0.2, 0.25) is 0 Å². The first-order chi connectivity index (χ1) is 7.15. The standard InChI is InChI=1S/C11H21NO3/c1-8-5-3-4-6-10(8)15-7-9(12-2)11(13)14/h8-10,12H,3-7H2,1-2H3,(H,13,14). The Bertz CT molecular complexity index is 208. The van der Waals surface area contributed by atoms with E-state index in [1.54, 1.807) is 7.05 Å². The molecule has 1 aliphatic rings. The Hall–Kier alpha value is -0.610. The lowest BCUT2D eigenvalue weighted by Crippen LogP contribution is -2.40. The van der Waals surface area contributed by atoms with Gasteiger partial charge < -0.3 is 15.2 Å². The molecule has 2 N–H and O–H groups in total. The van der Waals surface area contributed by atoms with Crippen molar-refractivity contribution < 1.29 is 14.6 Å². The van der Waals surface area contributed by atoms with Crippen molar-refractivity contribution in [2.45, 2.75) is 44.8 Å². The van der Waals surface area contributed by atoms with Crippen LogP contribution in [0.15, 0.2) is 0 Å². The molecule has 0 spiro atoms. The van der Waals surface area contributed by atoms with Crippen molar-refractivity contribution >= 4 is 5.97 Å². The first-order valence-corrected chi connectivity index (χ1v) is 5.66. The van der Waals surface area contributed by atoms with Crippen molar-refractivity contribution in [3.63, 3.8) is 0 Å². The number of nitrogens with one attached hydrogen (secondary N) is 1. The highest BCUT2D eigenvalue weighted by Gasteiger charge is 2.24. The Morgan fingerprint density at radius 2 is 2.20 bits per heavy atom. The fourth-order valence-electron chi connectivity index (χ4n) is 2.03. The highest BCUT2D eigenvalue weighted by molar-refractivity contribution is 5.73. The molecule has 1 rings (SSSR count). The SMILES string of the molecule is CNC(COC1CCCCC1C)C(=O)O. The molecule has 0 saturated heterocycles. The molecule has 88 valence electrons. The van der Waals surface area contributed by atoms with E-state index in [0.29, 0.717) is 5.92 Å². The lowest BCUT2D eigenvalue weighted by molar-refractivity contribution is -0.142. The maximum Gasteiger partial charge on any atom is 0.323 e. The van der Waals surface area contributed by atoms with Crippen LogP contribution in [0.1, 0.15) is 32.6 Å². The minimum Gasteiger partial charge on any atom is -0.480 e. The van der Waals surface area contributed by atoms with Gasteiger partial charge in [0.15, 0.2) is 0 Å². The molecular formula is C11H21NO3. The van der Waals surface area contributed by atoms with Crippen LogP contribution in [0.4, 0.5) is 0 Å². The van der Waals surface area contributed by atoms with Crippen LogP contribution in [-0.2, 0) is 9.53 Å². The molecule has 0 aromatic carbocycles. The van der Waals surface area contributed by atoms with Gasteiger partial charge in [0.05, 0.1) is 12.7 Å². The molecule has 0 aliphatic heterocycles. The normalized spacial score (nSPS) is 28.7. The van der Waals surface area contributed by atoms with Gasteiger partial charge in [-0.25, -0.2) is 0 Å². The number of hydrogen-bond donors (Lipinski definition) is 2. The summed E-state index contributed by atoms with van der Waals surface area (Å²) in [6.07, 6.45) is 4.98. The van der Waals surface area contributed by atoms with Gasteiger partial charge in [-0.1, -0.05) is 19.8 Å². The van der Waals surface area contributed by atoms with Crippen LogP contribution < -0.4 is 5.32 Å². The van der Waals surface area contributed by atoms with E-state index >= 15 is 0 Å². The summed E-state index contributed by atoms with van der Waals surface area (Å²) in [6, 6.07) is -0.584. The number of carboxylic acid groups (broad SMARTS) is 1. The van der Waals surface area contributed by atoms with Crippen LogP contribution in [0, 0.1) is 5.92 Å². The summed E-state index contributed by atoms with van der Waals surface area (Å²) in [6.45, 7) is 2.44. The zero-order chi connectivity index (χ0) is 11.3. The van der Waals surface area contributed by atoms with E-state index < -0.39 is 12.0 Å².